The Bertz CT molecular complexity index is 3140. The molecule has 3 saturated carbocycles. The van der Waals surface area contributed by atoms with Crippen molar-refractivity contribution in [2.75, 3.05) is 78.5 Å². The van der Waals surface area contributed by atoms with Crippen molar-refractivity contribution in [3.8, 4) is 22.5 Å². The van der Waals surface area contributed by atoms with Crippen LogP contribution in [0.2, 0.25) is 0 Å². The number of piperazine rings is 1. The average Bonchev–Trinajstić information content (AvgIpc) is 1.70. The Morgan fingerprint density at radius 1 is 0.988 bits per heavy atom. The SMILES string of the molecule is C=C1[C@@H](NC(=O)[C@H](C2CCCC2)N(C)C(=O)C2(F)CCN(C(=O)[C@H]3[C@@H](C4CC4)N3C)CC2)Cc2nc(cs2)-c2cc3c(c(-c4cc(N5CCN(C6CC6)CC5)cnc4[C@H](C)OC)n(CC)c3cc2F)CC(C)(C)COC(=O)[C@@H]2CCCN1N2.CC.[HH]. The van der Waals surface area contributed by atoms with E-state index in [0.29, 0.717) is 79.1 Å². The number of halogens is 2. The van der Waals surface area contributed by atoms with Crippen LogP contribution in [-0.4, -0.2) is 178 Å². The number of likely N-dealkylation sites (tertiary alicyclic amines) is 1. The van der Waals surface area contributed by atoms with E-state index in [9.17, 15) is 14.4 Å². The van der Waals surface area contributed by atoms with Crippen molar-refractivity contribution >= 4 is 51.6 Å². The number of anilines is 1. The van der Waals surface area contributed by atoms with Gasteiger partial charge in [0.15, 0.2) is 5.67 Å². The van der Waals surface area contributed by atoms with Gasteiger partial charge in [-0.25, -0.2) is 19.2 Å². The first kappa shape index (κ1) is 61.1. The summed E-state index contributed by atoms with van der Waals surface area (Å²) in [7, 11) is 5.20. The molecule has 464 valence electrons. The number of nitrogens with one attached hydrogen (secondary N) is 2. The maximum absolute atomic E-state index is 17.2. The van der Waals surface area contributed by atoms with E-state index < -0.39 is 52.8 Å². The standard InChI is InChI=1S/C63H85F2N11O6S.C2H6.H2/c1-9-75-51-31-47(64)44-30-43(51)46(56(75)45-29-42(34-66-53(45)38(3)81-8)73-27-25-72(26-28-73)41-18-19-41)33-62(4,5)36-82-60(79)48-15-12-22-76(69-48)37(2)49(32-52-67-50(44)35-83-52)68-58(77)55(39-13-10-11-14-39)71(7)61(80)63(65)20-23-74(24-21-63)59(78)57-54(70(57)6)40-16-17-40;1-2;/h29-31,34-35,38-41,48-49,54-55,57,69H,2,9-28,32-33,36H2,1,3-8H3,(H,68,77);1-2H3;1H/t38-,48-,49-,54+,55-,57+,70?;;/m0../s1. The second-order valence-corrected chi connectivity index (χ2v) is 27.1. The van der Waals surface area contributed by atoms with E-state index in [-0.39, 0.29) is 70.4 Å². The summed E-state index contributed by atoms with van der Waals surface area (Å²) in [6, 6.07) is 4.04. The van der Waals surface area contributed by atoms with Gasteiger partial charge in [-0.2, -0.15) is 0 Å². The van der Waals surface area contributed by atoms with E-state index in [0.717, 1.165) is 91.0 Å². The molecule has 3 aliphatic carbocycles. The topological polar surface area (TPSA) is 161 Å². The molecule has 6 bridgehead atoms. The van der Waals surface area contributed by atoms with Gasteiger partial charge >= 0.3 is 5.97 Å². The number of ether oxygens (including phenoxy) is 2. The third-order valence-corrected chi connectivity index (χ3v) is 20.7. The number of thiazole rings is 1. The van der Waals surface area contributed by atoms with Gasteiger partial charge in [-0.15, -0.1) is 11.3 Å². The summed E-state index contributed by atoms with van der Waals surface area (Å²) in [5.74, 6) is -1.68. The Morgan fingerprint density at radius 3 is 2.38 bits per heavy atom. The van der Waals surface area contributed by atoms with E-state index in [1.54, 1.807) is 18.1 Å². The van der Waals surface area contributed by atoms with Gasteiger partial charge in [0.05, 0.1) is 58.2 Å². The molecule has 7 atom stereocenters. The molecule has 1 unspecified atom stereocenters. The lowest BCUT2D eigenvalue weighted by Crippen LogP contribution is -2.61. The largest absolute Gasteiger partial charge is 0.464 e. The monoisotopic (exact) mass is 1190 g/mol. The molecule has 8 heterocycles. The number of carbonyl (C=O) groups excluding carboxylic acids is 4. The number of carbonyl (C=O) groups is 4. The van der Waals surface area contributed by atoms with Gasteiger partial charge in [-0.1, -0.05) is 47.1 Å². The lowest BCUT2D eigenvalue weighted by molar-refractivity contribution is -0.155. The Labute approximate surface area is 506 Å². The number of alkyl halides is 1. The molecular weight excluding hydrogens is 1100 g/mol. The number of hydrogen-bond donors (Lipinski definition) is 2. The van der Waals surface area contributed by atoms with Crippen LogP contribution in [0.3, 0.4) is 0 Å². The van der Waals surface area contributed by atoms with Crippen molar-refractivity contribution in [3.63, 3.8) is 0 Å². The Balaban J connectivity index is 0.00000271. The first-order valence-corrected chi connectivity index (χ1v) is 32.7. The van der Waals surface area contributed by atoms with Crippen LogP contribution < -0.4 is 15.6 Å². The number of hydrogen-bond acceptors (Lipinski definition) is 14. The van der Waals surface area contributed by atoms with Gasteiger partial charge in [0.25, 0.3) is 5.91 Å². The van der Waals surface area contributed by atoms with E-state index >= 15 is 13.6 Å². The zero-order valence-corrected chi connectivity index (χ0v) is 52.5. The van der Waals surface area contributed by atoms with Crippen molar-refractivity contribution in [2.45, 2.75) is 186 Å². The molecule has 3 aromatic heterocycles. The summed E-state index contributed by atoms with van der Waals surface area (Å²) >= 11 is 1.36. The predicted molar refractivity (Wildman–Crippen MR) is 330 cm³/mol. The molecule has 3 amide bonds. The number of likely N-dealkylation sites (N-methyl/N-ethyl adjacent to an activating group) is 2. The molecule has 8 aliphatic rings. The van der Waals surface area contributed by atoms with Crippen molar-refractivity contribution < 1.29 is 38.9 Å². The number of piperidine rings is 1. The lowest BCUT2D eigenvalue weighted by Gasteiger charge is -2.41. The summed E-state index contributed by atoms with van der Waals surface area (Å²) < 4.78 is 48.9. The minimum atomic E-state index is -2.25. The Morgan fingerprint density at radius 2 is 1.71 bits per heavy atom. The van der Waals surface area contributed by atoms with E-state index in [1.165, 1.54) is 36.1 Å². The van der Waals surface area contributed by atoms with Crippen LogP contribution in [0.5, 0.6) is 0 Å². The molecular formula is C65H93F2N11O6S. The number of aryl methyl sites for hydroxylation is 1. The molecule has 20 heteroatoms. The summed E-state index contributed by atoms with van der Waals surface area (Å²) in [5.41, 5.74) is 7.14. The summed E-state index contributed by atoms with van der Waals surface area (Å²) in [5, 5.41) is 8.41. The number of rotatable bonds is 13. The molecule has 0 radical (unpaired) electrons. The van der Waals surface area contributed by atoms with Gasteiger partial charge in [-0.05, 0) is 114 Å². The van der Waals surface area contributed by atoms with Crippen molar-refractivity contribution in [1.82, 2.24) is 49.9 Å². The fourth-order valence-corrected chi connectivity index (χ4v) is 15.4. The van der Waals surface area contributed by atoms with E-state index in [1.807, 2.05) is 50.5 Å². The van der Waals surface area contributed by atoms with Gasteiger partial charge in [0.2, 0.25) is 11.8 Å². The first-order valence-electron chi connectivity index (χ1n) is 31.8. The van der Waals surface area contributed by atoms with E-state index in [4.69, 9.17) is 19.4 Å². The number of benzene rings is 1. The number of aromatic nitrogens is 3. The zero-order chi connectivity index (χ0) is 60.2. The highest BCUT2D eigenvalue weighted by Crippen LogP contribution is 2.48. The van der Waals surface area contributed by atoms with E-state index in [2.05, 4.69) is 63.4 Å². The van der Waals surface area contributed by atoms with Gasteiger partial charge < -0.3 is 39.1 Å². The molecule has 1 aromatic carbocycles. The number of amides is 3. The molecule has 5 aliphatic heterocycles. The molecule has 7 fully saturated rings. The van der Waals surface area contributed by atoms with Crippen molar-refractivity contribution in [2.24, 2.45) is 17.3 Å². The average molecular weight is 1190 g/mol. The number of cyclic esters (lactones) is 1. The zero-order valence-electron chi connectivity index (χ0n) is 51.7. The van der Waals surface area contributed by atoms with Crippen LogP contribution in [0, 0.1) is 23.1 Å². The summed E-state index contributed by atoms with van der Waals surface area (Å²) in [6.45, 7) is 22.0. The highest BCUT2D eigenvalue weighted by Gasteiger charge is 2.58. The molecule has 4 saturated heterocycles. The normalized spacial score (nSPS) is 26.2. The van der Waals surface area contributed by atoms with Gasteiger partial charge in [0.1, 0.15) is 23.9 Å². The fourth-order valence-electron chi connectivity index (χ4n) is 14.6. The minimum absolute atomic E-state index is 0. The molecule has 12 rings (SSSR count). The number of esters is 1. The second-order valence-electron chi connectivity index (χ2n) is 26.1. The maximum Gasteiger partial charge on any atom is 0.324 e. The molecule has 17 nitrogen and oxygen atoms in total. The second kappa shape index (κ2) is 24.9. The van der Waals surface area contributed by atoms with Crippen LogP contribution in [0.1, 0.15) is 142 Å². The van der Waals surface area contributed by atoms with Crippen LogP contribution in [-0.2, 0) is 48.0 Å². The minimum Gasteiger partial charge on any atom is -0.464 e. The van der Waals surface area contributed by atoms with Crippen LogP contribution in [0.4, 0.5) is 14.5 Å². The summed E-state index contributed by atoms with van der Waals surface area (Å²) in [4.78, 5) is 78.1. The lowest BCUT2D eigenvalue weighted by atomic mass is 9.84. The number of hydrazine groups is 1. The maximum atomic E-state index is 17.2. The number of methoxy groups -OCH3 is 1. The fraction of sp³-hybridized carbons (Fsp3) is 0.662. The van der Waals surface area contributed by atoms with Crippen LogP contribution in [0.25, 0.3) is 33.4 Å². The number of nitrogens with zero attached hydrogens (tertiary/aromatic N) is 9. The summed E-state index contributed by atoms with van der Waals surface area (Å²) in [6.07, 6.45) is 11.1. The first-order chi connectivity index (χ1) is 40.8. The third-order valence-electron chi connectivity index (χ3n) is 19.8. The quantitative estimate of drug-likeness (QED) is 0.0964. The molecule has 0 spiro atoms. The molecule has 2 N–H and O–H groups in total. The molecule has 4 aromatic rings. The van der Waals surface area contributed by atoms with Crippen molar-refractivity contribution in [1.29, 1.82) is 0 Å². The highest BCUT2D eigenvalue weighted by atomic mass is 32.1. The Hall–Kier alpha value is -5.54. The predicted octanol–water partition coefficient (Wildman–Crippen LogP) is 9.33. The highest BCUT2D eigenvalue weighted by molar-refractivity contribution is 7.10. The Kier molecular flexibility index (Phi) is 17.9. The smallest absolute Gasteiger partial charge is 0.324 e. The van der Waals surface area contributed by atoms with Crippen LogP contribution >= 0.6 is 11.3 Å². The van der Waals surface area contributed by atoms with Crippen LogP contribution in [0.15, 0.2) is 42.1 Å². The van der Waals surface area contributed by atoms with Crippen molar-refractivity contribution in [3.05, 3.63) is 64.1 Å². The number of pyridine rings is 1. The van der Waals surface area contributed by atoms with Gasteiger partial charge in [0, 0.05) is 132 Å². The molecule has 85 heavy (non-hydrogen) atoms. The number of fused-ring (bicyclic) bond motifs is 6. The van der Waals surface area contributed by atoms with Gasteiger partial charge in [-0.3, -0.25) is 34.0 Å². The third kappa shape index (κ3) is 12.4.